The van der Waals surface area contributed by atoms with Gasteiger partial charge in [0.15, 0.2) is 0 Å². The molecule has 5 heteroatoms. The average molecular weight is 277 g/mol. The molecular weight excluding hydrogens is 257 g/mol. The van der Waals surface area contributed by atoms with Crippen LogP contribution in [0, 0.1) is 5.82 Å². The topological polar surface area (TPSA) is 44.4 Å². The molecule has 2 N–H and O–H groups in total. The van der Waals surface area contributed by atoms with Crippen LogP contribution in [0.4, 0.5) is 10.1 Å². The van der Waals surface area contributed by atoms with Crippen molar-refractivity contribution < 1.29 is 9.18 Å². The lowest BCUT2D eigenvalue weighted by Gasteiger charge is -2.25. The van der Waals surface area contributed by atoms with E-state index in [1.165, 1.54) is 18.9 Å². The van der Waals surface area contributed by atoms with Gasteiger partial charge in [0.2, 0.25) is 5.91 Å². The largest absolute Gasteiger partial charge is 0.360 e. The Balaban J connectivity index is 1.82. The van der Waals surface area contributed by atoms with E-state index in [1.54, 1.807) is 6.07 Å². The monoisotopic (exact) mass is 277 g/mol. The van der Waals surface area contributed by atoms with Crippen LogP contribution in [-0.2, 0) is 11.3 Å². The van der Waals surface area contributed by atoms with Crippen molar-refractivity contribution in [2.75, 3.05) is 24.5 Å². The molecule has 1 aliphatic carbocycles. The Kier molecular flexibility index (Phi) is 3.87. The summed E-state index contributed by atoms with van der Waals surface area (Å²) < 4.78 is 14.2. The molecule has 1 aliphatic heterocycles. The first kappa shape index (κ1) is 13.4. The average Bonchev–Trinajstić information content (AvgIpc) is 3.24. The van der Waals surface area contributed by atoms with Gasteiger partial charge >= 0.3 is 0 Å². The second kappa shape index (κ2) is 5.79. The van der Waals surface area contributed by atoms with Gasteiger partial charge in [0.25, 0.3) is 0 Å². The van der Waals surface area contributed by atoms with Gasteiger partial charge in [0, 0.05) is 25.7 Å². The van der Waals surface area contributed by atoms with E-state index >= 15 is 0 Å². The smallest absolute Gasteiger partial charge is 0.239 e. The summed E-state index contributed by atoms with van der Waals surface area (Å²) in [6.07, 6.45) is 3.25. The number of nitrogens with zero attached hydrogens (tertiary/aromatic N) is 1. The summed E-state index contributed by atoms with van der Waals surface area (Å²) in [7, 11) is 0. The Morgan fingerprint density at radius 3 is 3.05 bits per heavy atom. The molecule has 0 radical (unpaired) electrons. The summed E-state index contributed by atoms with van der Waals surface area (Å²) >= 11 is 0. The predicted molar refractivity (Wildman–Crippen MR) is 76.1 cm³/mol. The lowest BCUT2D eigenvalue weighted by molar-refractivity contribution is -0.119. The lowest BCUT2D eigenvalue weighted by Crippen LogP contribution is -2.34. The van der Waals surface area contributed by atoms with Crippen LogP contribution in [0.15, 0.2) is 18.2 Å². The number of benzene rings is 1. The van der Waals surface area contributed by atoms with Gasteiger partial charge in [-0.25, -0.2) is 4.39 Å². The Bertz CT molecular complexity index is 502. The van der Waals surface area contributed by atoms with E-state index in [-0.39, 0.29) is 18.3 Å². The number of rotatable bonds is 4. The molecule has 2 fully saturated rings. The van der Waals surface area contributed by atoms with Gasteiger partial charge in [-0.05, 0) is 30.9 Å². The number of para-hydroxylation sites is 1. The highest BCUT2D eigenvalue weighted by molar-refractivity contribution is 5.82. The molecule has 1 aromatic carbocycles. The second-order valence-corrected chi connectivity index (χ2v) is 5.53. The number of carbonyl (C=O) groups is 1. The molecule has 1 saturated heterocycles. The molecule has 1 amide bonds. The second-order valence-electron chi connectivity index (χ2n) is 5.53. The highest BCUT2D eigenvalue weighted by Gasteiger charge is 2.23. The molecule has 2 aliphatic rings. The predicted octanol–water partition coefficient (Wildman–Crippen LogP) is 1.40. The van der Waals surface area contributed by atoms with E-state index in [0.717, 1.165) is 12.0 Å². The zero-order valence-electron chi connectivity index (χ0n) is 11.5. The third kappa shape index (κ3) is 3.10. The first-order valence-electron chi connectivity index (χ1n) is 7.26. The fourth-order valence-electron chi connectivity index (χ4n) is 2.60. The summed E-state index contributed by atoms with van der Waals surface area (Å²) in [6, 6.07) is 5.73. The number of amides is 1. The summed E-state index contributed by atoms with van der Waals surface area (Å²) in [4.78, 5) is 13.5. The number of carbonyl (C=O) groups excluding carboxylic acids is 1. The van der Waals surface area contributed by atoms with Crippen LogP contribution < -0.4 is 15.5 Å². The zero-order chi connectivity index (χ0) is 13.9. The van der Waals surface area contributed by atoms with Gasteiger partial charge < -0.3 is 15.5 Å². The maximum absolute atomic E-state index is 14.2. The van der Waals surface area contributed by atoms with Crippen molar-refractivity contribution in [2.45, 2.75) is 31.8 Å². The van der Waals surface area contributed by atoms with Crippen LogP contribution in [0.5, 0.6) is 0 Å². The van der Waals surface area contributed by atoms with E-state index in [0.29, 0.717) is 31.4 Å². The molecule has 0 aromatic heterocycles. The minimum atomic E-state index is -0.241. The van der Waals surface area contributed by atoms with Crippen LogP contribution in [0.25, 0.3) is 0 Å². The normalized spacial score (nSPS) is 19.6. The van der Waals surface area contributed by atoms with Crippen LogP contribution in [-0.4, -0.2) is 31.6 Å². The molecule has 1 saturated carbocycles. The molecule has 0 atom stereocenters. The standard InChI is InChI=1S/C15H20FN3O/c16-13-4-1-3-11(9-18-12-5-6-12)15(13)19-8-2-7-17-14(20)10-19/h1,3-4,12,18H,2,5-10H2,(H,17,20). The molecule has 3 rings (SSSR count). The van der Waals surface area contributed by atoms with Crippen LogP contribution in [0.3, 0.4) is 0 Å². The first-order chi connectivity index (χ1) is 9.74. The van der Waals surface area contributed by atoms with Crippen molar-refractivity contribution in [3.63, 3.8) is 0 Å². The molecule has 20 heavy (non-hydrogen) atoms. The quantitative estimate of drug-likeness (QED) is 0.874. The lowest BCUT2D eigenvalue weighted by atomic mass is 10.1. The van der Waals surface area contributed by atoms with Crippen LogP contribution in [0.1, 0.15) is 24.8 Å². The third-order valence-electron chi connectivity index (χ3n) is 3.81. The molecule has 1 heterocycles. The highest BCUT2D eigenvalue weighted by atomic mass is 19.1. The first-order valence-corrected chi connectivity index (χ1v) is 7.26. The van der Waals surface area contributed by atoms with Crippen LogP contribution in [0.2, 0.25) is 0 Å². The zero-order valence-corrected chi connectivity index (χ0v) is 11.5. The molecule has 0 unspecified atom stereocenters. The number of hydrogen-bond acceptors (Lipinski definition) is 3. The third-order valence-corrected chi connectivity index (χ3v) is 3.81. The SMILES string of the molecule is O=C1CN(c2c(F)cccc2CNC2CC2)CCCN1. The molecule has 4 nitrogen and oxygen atoms in total. The molecule has 108 valence electrons. The Morgan fingerprint density at radius 2 is 2.25 bits per heavy atom. The van der Waals surface area contributed by atoms with Crippen molar-refractivity contribution in [1.29, 1.82) is 0 Å². The maximum Gasteiger partial charge on any atom is 0.239 e. The molecule has 0 bridgehead atoms. The molecule has 1 aromatic rings. The van der Waals surface area contributed by atoms with Crippen LogP contribution >= 0.6 is 0 Å². The van der Waals surface area contributed by atoms with Gasteiger partial charge in [-0.15, -0.1) is 0 Å². The number of hydrogen-bond donors (Lipinski definition) is 2. The Labute approximate surface area is 118 Å². The maximum atomic E-state index is 14.2. The fourth-order valence-corrected chi connectivity index (χ4v) is 2.60. The fraction of sp³-hybridized carbons (Fsp3) is 0.533. The van der Waals surface area contributed by atoms with Gasteiger partial charge in [0.05, 0.1) is 12.2 Å². The van der Waals surface area contributed by atoms with Gasteiger partial charge in [0.1, 0.15) is 5.82 Å². The van der Waals surface area contributed by atoms with E-state index in [2.05, 4.69) is 10.6 Å². The molecular formula is C15H20FN3O. The van der Waals surface area contributed by atoms with Crippen molar-refractivity contribution in [3.05, 3.63) is 29.6 Å². The van der Waals surface area contributed by atoms with E-state index in [1.807, 2.05) is 11.0 Å². The van der Waals surface area contributed by atoms with Crippen molar-refractivity contribution >= 4 is 11.6 Å². The Morgan fingerprint density at radius 1 is 1.40 bits per heavy atom. The number of halogens is 1. The van der Waals surface area contributed by atoms with E-state index in [4.69, 9.17) is 0 Å². The van der Waals surface area contributed by atoms with Crippen molar-refractivity contribution in [3.8, 4) is 0 Å². The Hall–Kier alpha value is -1.62. The van der Waals surface area contributed by atoms with Gasteiger partial charge in [-0.1, -0.05) is 12.1 Å². The summed E-state index contributed by atoms with van der Waals surface area (Å²) in [5.74, 6) is -0.276. The summed E-state index contributed by atoms with van der Waals surface area (Å²) in [5, 5.41) is 6.24. The van der Waals surface area contributed by atoms with Gasteiger partial charge in [-0.3, -0.25) is 4.79 Å². The van der Waals surface area contributed by atoms with E-state index in [9.17, 15) is 9.18 Å². The van der Waals surface area contributed by atoms with Crippen molar-refractivity contribution in [2.24, 2.45) is 0 Å². The highest BCUT2D eigenvalue weighted by Crippen LogP contribution is 2.27. The van der Waals surface area contributed by atoms with E-state index < -0.39 is 0 Å². The minimum Gasteiger partial charge on any atom is -0.360 e. The summed E-state index contributed by atoms with van der Waals surface area (Å²) in [5.41, 5.74) is 1.52. The summed E-state index contributed by atoms with van der Waals surface area (Å²) in [6.45, 7) is 2.27. The molecule has 0 spiro atoms. The van der Waals surface area contributed by atoms with Gasteiger partial charge in [-0.2, -0.15) is 0 Å². The number of nitrogens with one attached hydrogen (secondary N) is 2. The van der Waals surface area contributed by atoms with Crippen molar-refractivity contribution in [1.82, 2.24) is 10.6 Å². The number of anilines is 1. The minimum absolute atomic E-state index is 0.0353.